The van der Waals surface area contributed by atoms with Crippen LogP contribution in [0.4, 0.5) is 5.13 Å². The third-order valence-corrected chi connectivity index (χ3v) is 6.42. The number of amides is 1. The number of thiazole rings is 1. The number of nitrogens with zero attached hydrogens (tertiary/aromatic N) is 2. The molecule has 1 heterocycles. The van der Waals surface area contributed by atoms with Crippen molar-refractivity contribution in [3.63, 3.8) is 0 Å². The Morgan fingerprint density at radius 1 is 1.25 bits per heavy atom. The van der Waals surface area contributed by atoms with E-state index in [1.54, 1.807) is 30.1 Å². The van der Waals surface area contributed by atoms with Gasteiger partial charge in [-0.25, -0.2) is 18.5 Å². The number of rotatable bonds is 7. The van der Waals surface area contributed by atoms with Gasteiger partial charge in [-0.05, 0) is 36.2 Å². The van der Waals surface area contributed by atoms with Gasteiger partial charge in [0.2, 0.25) is 15.9 Å². The van der Waals surface area contributed by atoms with Crippen LogP contribution in [-0.4, -0.2) is 39.4 Å². The second-order valence-electron chi connectivity index (χ2n) is 6.23. The average molecular weight is 439 g/mol. The van der Waals surface area contributed by atoms with Gasteiger partial charge in [-0.1, -0.05) is 41.1 Å². The lowest BCUT2D eigenvalue weighted by atomic mass is 10.1. The van der Waals surface area contributed by atoms with Crippen LogP contribution in [0.2, 0.25) is 5.02 Å². The number of anilines is 1. The van der Waals surface area contributed by atoms with Crippen LogP contribution in [0.15, 0.2) is 47.4 Å². The number of sulfonamides is 1. The lowest BCUT2D eigenvalue weighted by Gasteiger charge is -2.15. The number of primary sulfonamides is 1. The maximum atomic E-state index is 12.2. The van der Waals surface area contributed by atoms with Gasteiger partial charge in [0.05, 0.1) is 21.2 Å². The first kappa shape index (κ1) is 20.5. The molecule has 3 aromatic rings. The van der Waals surface area contributed by atoms with E-state index in [0.29, 0.717) is 18.0 Å². The van der Waals surface area contributed by atoms with Gasteiger partial charge in [0, 0.05) is 13.6 Å². The Morgan fingerprint density at radius 3 is 2.61 bits per heavy atom. The van der Waals surface area contributed by atoms with Crippen LogP contribution in [0.1, 0.15) is 5.56 Å². The fourth-order valence-electron chi connectivity index (χ4n) is 2.60. The molecule has 2 aromatic carbocycles. The second kappa shape index (κ2) is 8.44. The summed E-state index contributed by atoms with van der Waals surface area (Å²) in [6.45, 7) is 0.606. The van der Waals surface area contributed by atoms with Gasteiger partial charge in [-0.15, -0.1) is 0 Å². The largest absolute Gasteiger partial charge is 0.354 e. The molecular formula is C18H19ClN4O3S2. The molecule has 0 aliphatic rings. The Labute approximate surface area is 172 Å². The molecule has 0 fully saturated rings. The zero-order chi connectivity index (χ0) is 20.3. The van der Waals surface area contributed by atoms with E-state index in [1.165, 1.54) is 23.5 Å². The zero-order valence-electron chi connectivity index (χ0n) is 15.1. The molecule has 1 aromatic heterocycles. The highest BCUT2D eigenvalue weighted by atomic mass is 35.5. The SMILES string of the molecule is CN(CC(=O)NCCc1ccc(S(N)(=O)=O)cc1)c1nc2c(Cl)cccc2s1. The number of benzene rings is 2. The van der Waals surface area contributed by atoms with Gasteiger partial charge in [0.15, 0.2) is 5.13 Å². The summed E-state index contributed by atoms with van der Waals surface area (Å²) in [6, 6.07) is 11.9. The molecule has 0 unspecified atom stereocenters. The van der Waals surface area contributed by atoms with E-state index in [2.05, 4.69) is 10.3 Å². The van der Waals surface area contributed by atoms with E-state index < -0.39 is 10.0 Å². The van der Waals surface area contributed by atoms with Gasteiger partial charge in [0.1, 0.15) is 5.52 Å². The number of hydrogen-bond acceptors (Lipinski definition) is 6. The lowest BCUT2D eigenvalue weighted by Crippen LogP contribution is -2.36. The van der Waals surface area contributed by atoms with Crippen molar-refractivity contribution in [1.29, 1.82) is 0 Å². The summed E-state index contributed by atoms with van der Waals surface area (Å²) in [7, 11) is -1.89. The van der Waals surface area contributed by atoms with E-state index in [9.17, 15) is 13.2 Å². The number of fused-ring (bicyclic) bond motifs is 1. The van der Waals surface area contributed by atoms with Crippen LogP contribution in [0.25, 0.3) is 10.2 Å². The molecular weight excluding hydrogens is 420 g/mol. The molecule has 0 saturated heterocycles. The number of hydrogen-bond donors (Lipinski definition) is 2. The van der Waals surface area contributed by atoms with Gasteiger partial charge in [0.25, 0.3) is 0 Å². The summed E-state index contributed by atoms with van der Waals surface area (Å²) < 4.78 is 23.5. The number of nitrogens with two attached hydrogens (primary N) is 1. The molecule has 3 rings (SSSR count). The Morgan fingerprint density at radius 2 is 1.96 bits per heavy atom. The third kappa shape index (κ3) is 4.99. The van der Waals surface area contributed by atoms with E-state index in [0.717, 1.165) is 20.9 Å². The normalized spacial score (nSPS) is 11.5. The smallest absolute Gasteiger partial charge is 0.239 e. The number of aromatic nitrogens is 1. The predicted molar refractivity (Wildman–Crippen MR) is 112 cm³/mol. The van der Waals surface area contributed by atoms with Gasteiger partial charge in [-0.3, -0.25) is 4.79 Å². The molecule has 0 atom stereocenters. The standard InChI is InChI=1S/C18H19ClN4O3S2/c1-23(18-22-17-14(19)3-2-4-15(17)27-18)11-16(24)21-10-9-12-5-7-13(8-6-12)28(20,25)26/h2-8H,9-11H2,1H3,(H,21,24)(H2,20,25,26). The Kier molecular flexibility index (Phi) is 6.19. The third-order valence-electron chi connectivity index (χ3n) is 4.05. The molecule has 0 spiro atoms. The maximum absolute atomic E-state index is 12.2. The van der Waals surface area contributed by atoms with Crippen molar-refractivity contribution < 1.29 is 13.2 Å². The van der Waals surface area contributed by atoms with Crippen LogP contribution < -0.4 is 15.4 Å². The highest BCUT2D eigenvalue weighted by molar-refractivity contribution is 7.89. The van der Waals surface area contributed by atoms with Crippen LogP contribution in [0.3, 0.4) is 0 Å². The number of nitrogens with one attached hydrogen (secondary N) is 1. The van der Waals surface area contributed by atoms with Crippen molar-refractivity contribution in [2.24, 2.45) is 5.14 Å². The minimum absolute atomic E-state index is 0.0675. The first-order valence-corrected chi connectivity index (χ1v) is 11.1. The lowest BCUT2D eigenvalue weighted by molar-refractivity contribution is -0.119. The summed E-state index contributed by atoms with van der Waals surface area (Å²) in [5.74, 6) is -0.131. The molecule has 0 radical (unpaired) electrons. The number of carbonyl (C=O) groups is 1. The number of halogens is 1. The average Bonchev–Trinajstić information content (AvgIpc) is 3.07. The Bertz CT molecular complexity index is 1100. The number of likely N-dealkylation sites (N-methyl/N-ethyl adjacent to an activating group) is 1. The minimum Gasteiger partial charge on any atom is -0.354 e. The van der Waals surface area contributed by atoms with Crippen molar-refractivity contribution in [1.82, 2.24) is 10.3 Å². The van der Waals surface area contributed by atoms with Crippen molar-refractivity contribution in [3.05, 3.63) is 53.1 Å². The molecule has 7 nitrogen and oxygen atoms in total. The molecule has 0 aliphatic heterocycles. The summed E-state index contributed by atoms with van der Waals surface area (Å²) in [5.41, 5.74) is 1.64. The van der Waals surface area contributed by atoms with Crippen molar-refractivity contribution in [3.8, 4) is 0 Å². The molecule has 10 heteroatoms. The topological polar surface area (TPSA) is 105 Å². The van der Waals surface area contributed by atoms with Crippen LogP contribution in [-0.2, 0) is 21.2 Å². The van der Waals surface area contributed by atoms with Gasteiger partial charge >= 0.3 is 0 Å². The van der Waals surface area contributed by atoms with Crippen molar-refractivity contribution in [2.45, 2.75) is 11.3 Å². The van der Waals surface area contributed by atoms with E-state index >= 15 is 0 Å². The monoisotopic (exact) mass is 438 g/mol. The minimum atomic E-state index is -3.69. The summed E-state index contributed by atoms with van der Waals surface area (Å²) in [4.78, 5) is 18.5. The number of para-hydroxylation sites is 1. The quantitative estimate of drug-likeness (QED) is 0.589. The summed E-state index contributed by atoms with van der Waals surface area (Å²) in [5, 5.41) is 9.23. The highest BCUT2D eigenvalue weighted by Crippen LogP contribution is 2.32. The highest BCUT2D eigenvalue weighted by Gasteiger charge is 2.13. The fourth-order valence-corrected chi connectivity index (χ4v) is 4.34. The van der Waals surface area contributed by atoms with Crippen LogP contribution >= 0.6 is 22.9 Å². The van der Waals surface area contributed by atoms with Crippen molar-refractivity contribution in [2.75, 3.05) is 25.0 Å². The summed E-state index contributed by atoms with van der Waals surface area (Å²) in [6.07, 6.45) is 0.580. The molecule has 0 saturated carbocycles. The molecule has 1 amide bonds. The van der Waals surface area contributed by atoms with E-state index in [-0.39, 0.29) is 17.3 Å². The fraction of sp³-hybridized carbons (Fsp3) is 0.222. The molecule has 28 heavy (non-hydrogen) atoms. The first-order chi connectivity index (χ1) is 13.2. The van der Waals surface area contributed by atoms with E-state index in [4.69, 9.17) is 16.7 Å². The zero-order valence-corrected chi connectivity index (χ0v) is 17.4. The van der Waals surface area contributed by atoms with Gasteiger partial charge in [-0.2, -0.15) is 0 Å². The van der Waals surface area contributed by atoms with E-state index in [1.807, 2.05) is 12.1 Å². The van der Waals surface area contributed by atoms with Crippen molar-refractivity contribution >= 4 is 54.2 Å². The molecule has 0 aliphatic carbocycles. The maximum Gasteiger partial charge on any atom is 0.239 e. The Hall–Kier alpha value is -2.20. The molecule has 3 N–H and O–H groups in total. The first-order valence-electron chi connectivity index (χ1n) is 8.38. The second-order valence-corrected chi connectivity index (χ2v) is 9.21. The predicted octanol–water partition coefficient (Wildman–Crippen LogP) is 2.39. The molecule has 148 valence electrons. The van der Waals surface area contributed by atoms with Crippen LogP contribution in [0, 0.1) is 0 Å². The van der Waals surface area contributed by atoms with Crippen LogP contribution in [0.5, 0.6) is 0 Å². The van der Waals surface area contributed by atoms with Gasteiger partial charge < -0.3 is 10.2 Å². The molecule has 0 bridgehead atoms. The Balaban J connectivity index is 1.51. The summed E-state index contributed by atoms with van der Waals surface area (Å²) >= 11 is 7.62. The number of carbonyl (C=O) groups excluding carboxylic acids is 1.